The van der Waals surface area contributed by atoms with Crippen molar-refractivity contribution < 1.29 is 9.53 Å². The van der Waals surface area contributed by atoms with Crippen LogP contribution in [-0.4, -0.2) is 12.1 Å². The van der Waals surface area contributed by atoms with Crippen LogP contribution in [0.3, 0.4) is 0 Å². The van der Waals surface area contributed by atoms with Gasteiger partial charge in [-0.25, -0.2) is 0 Å². The lowest BCUT2D eigenvalue weighted by molar-refractivity contribution is -0.141. The Morgan fingerprint density at radius 3 is 2.91 bits per heavy atom. The summed E-state index contributed by atoms with van der Waals surface area (Å²) in [5.41, 5.74) is 0. The molecule has 2 nitrogen and oxygen atoms in total. The summed E-state index contributed by atoms with van der Waals surface area (Å²) in [6, 6.07) is 0. The van der Waals surface area contributed by atoms with Crippen LogP contribution in [0.15, 0.2) is 0 Å². The Balaban J connectivity index is 2.01. The number of carbonyl (C=O) groups excluding carboxylic acids is 1. The Morgan fingerprint density at radius 2 is 2.00 bits per heavy atom. The smallest absolute Gasteiger partial charge is 0.306 e. The summed E-state index contributed by atoms with van der Waals surface area (Å²) in [5.74, 6) is 0.590. The minimum absolute atomic E-state index is 0.0295. The molecule has 1 aliphatic carbocycles. The molecule has 0 aromatic heterocycles. The zero-order chi connectivity index (χ0) is 7.68. The monoisotopic (exact) mass is 154 g/mol. The number of esters is 1. The molecular formula is C9H14O2. The van der Waals surface area contributed by atoms with Gasteiger partial charge in [-0.05, 0) is 19.3 Å². The molecule has 1 aliphatic heterocycles. The molecule has 0 aromatic carbocycles. The van der Waals surface area contributed by atoms with Crippen LogP contribution < -0.4 is 0 Å². The van der Waals surface area contributed by atoms with E-state index in [9.17, 15) is 4.79 Å². The highest BCUT2D eigenvalue weighted by atomic mass is 16.5. The molecule has 0 spiro atoms. The minimum atomic E-state index is 0.0295. The normalized spacial score (nSPS) is 37.6. The Morgan fingerprint density at radius 1 is 1.18 bits per heavy atom. The first-order valence-electron chi connectivity index (χ1n) is 4.56. The van der Waals surface area contributed by atoms with E-state index in [-0.39, 0.29) is 12.1 Å². The van der Waals surface area contributed by atoms with Crippen molar-refractivity contribution in [1.82, 2.24) is 0 Å². The third-order valence-corrected chi connectivity index (χ3v) is 2.80. The van der Waals surface area contributed by atoms with Gasteiger partial charge >= 0.3 is 5.97 Å². The quantitative estimate of drug-likeness (QED) is 0.498. The summed E-state index contributed by atoms with van der Waals surface area (Å²) >= 11 is 0. The van der Waals surface area contributed by atoms with Gasteiger partial charge in [0.2, 0.25) is 0 Å². The van der Waals surface area contributed by atoms with Gasteiger partial charge in [-0.2, -0.15) is 0 Å². The average Bonchev–Trinajstić information content (AvgIpc) is 2.17. The molecule has 11 heavy (non-hydrogen) atoms. The van der Waals surface area contributed by atoms with Gasteiger partial charge in [-0.1, -0.05) is 12.8 Å². The largest absolute Gasteiger partial charge is 0.462 e. The van der Waals surface area contributed by atoms with Crippen molar-refractivity contribution in [2.45, 2.75) is 44.6 Å². The summed E-state index contributed by atoms with van der Waals surface area (Å²) < 4.78 is 5.21. The van der Waals surface area contributed by atoms with Gasteiger partial charge in [0.25, 0.3) is 0 Å². The fourth-order valence-electron chi connectivity index (χ4n) is 2.17. The van der Waals surface area contributed by atoms with E-state index in [4.69, 9.17) is 4.74 Å². The molecular weight excluding hydrogens is 140 g/mol. The number of carbonyl (C=O) groups is 1. The Hall–Kier alpha value is -0.530. The molecule has 1 saturated heterocycles. The number of hydrogen-bond donors (Lipinski definition) is 0. The molecule has 2 atom stereocenters. The van der Waals surface area contributed by atoms with E-state index in [0.29, 0.717) is 12.3 Å². The SMILES string of the molecule is O=C1C[C@H]2CCCCC[C@H]2O1. The molecule has 0 N–H and O–H groups in total. The van der Waals surface area contributed by atoms with E-state index in [2.05, 4.69) is 0 Å². The summed E-state index contributed by atoms with van der Waals surface area (Å²) in [4.78, 5) is 10.9. The predicted molar refractivity (Wildman–Crippen MR) is 41.1 cm³/mol. The molecule has 0 aromatic rings. The lowest BCUT2D eigenvalue weighted by Gasteiger charge is -2.12. The lowest BCUT2D eigenvalue weighted by Crippen LogP contribution is -2.13. The molecule has 2 heteroatoms. The molecule has 2 rings (SSSR count). The first kappa shape index (κ1) is 7.14. The molecule has 1 heterocycles. The van der Waals surface area contributed by atoms with Crippen molar-refractivity contribution in [3.05, 3.63) is 0 Å². The van der Waals surface area contributed by atoms with Gasteiger partial charge in [-0.3, -0.25) is 4.79 Å². The fraction of sp³-hybridized carbons (Fsp3) is 0.889. The van der Waals surface area contributed by atoms with Crippen molar-refractivity contribution in [2.24, 2.45) is 5.92 Å². The Labute approximate surface area is 66.9 Å². The maximum atomic E-state index is 10.9. The van der Waals surface area contributed by atoms with Crippen molar-refractivity contribution in [1.29, 1.82) is 0 Å². The standard InChI is InChI=1S/C9H14O2/c10-9-6-7-4-2-1-3-5-8(7)11-9/h7-8H,1-6H2/t7-,8-/m1/s1. The minimum Gasteiger partial charge on any atom is -0.462 e. The van der Waals surface area contributed by atoms with E-state index in [0.717, 1.165) is 6.42 Å². The zero-order valence-corrected chi connectivity index (χ0v) is 6.71. The van der Waals surface area contributed by atoms with Crippen molar-refractivity contribution >= 4 is 5.97 Å². The van der Waals surface area contributed by atoms with Crippen molar-refractivity contribution in [2.75, 3.05) is 0 Å². The molecule has 0 unspecified atom stereocenters. The highest BCUT2D eigenvalue weighted by Gasteiger charge is 2.34. The molecule has 2 fully saturated rings. The molecule has 2 aliphatic rings. The zero-order valence-electron chi connectivity index (χ0n) is 6.71. The maximum Gasteiger partial charge on any atom is 0.306 e. The number of hydrogen-bond acceptors (Lipinski definition) is 2. The summed E-state index contributed by atoms with van der Waals surface area (Å²) in [6.07, 6.45) is 7.14. The van der Waals surface area contributed by atoms with Crippen LogP contribution in [0, 0.1) is 5.92 Å². The predicted octanol–water partition coefficient (Wildman–Crippen LogP) is 1.88. The van der Waals surface area contributed by atoms with Crippen LogP contribution in [0.2, 0.25) is 0 Å². The van der Waals surface area contributed by atoms with Crippen LogP contribution >= 0.6 is 0 Å². The lowest BCUT2D eigenvalue weighted by atomic mass is 9.97. The first-order chi connectivity index (χ1) is 5.36. The Bertz CT molecular complexity index is 149. The van der Waals surface area contributed by atoms with Gasteiger partial charge in [0.1, 0.15) is 6.10 Å². The molecule has 0 radical (unpaired) electrons. The molecule has 62 valence electrons. The maximum absolute atomic E-state index is 10.9. The van der Waals surface area contributed by atoms with E-state index >= 15 is 0 Å². The van der Waals surface area contributed by atoms with Gasteiger partial charge in [0.15, 0.2) is 0 Å². The Kier molecular flexibility index (Phi) is 1.84. The van der Waals surface area contributed by atoms with E-state index in [1.807, 2.05) is 0 Å². The van der Waals surface area contributed by atoms with Crippen LogP contribution in [0.25, 0.3) is 0 Å². The number of ether oxygens (including phenoxy) is 1. The third-order valence-electron chi connectivity index (χ3n) is 2.80. The topological polar surface area (TPSA) is 26.3 Å². The average molecular weight is 154 g/mol. The van der Waals surface area contributed by atoms with Gasteiger partial charge < -0.3 is 4.74 Å². The summed E-state index contributed by atoms with van der Waals surface area (Å²) in [5, 5.41) is 0. The van der Waals surface area contributed by atoms with Gasteiger partial charge in [0.05, 0.1) is 6.42 Å². The van der Waals surface area contributed by atoms with Gasteiger partial charge in [0, 0.05) is 5.92 Å². The second-order valence-corrected chi connectivity index (χ2v) is 3.63. The number of fused-ring (bicyclic) bond motifs is 1. The van der Waals surface area contributed by atoms with E-state index < -0.39 is 0 Å². The van der Waals surface area contributed by atoms with Crippen LogP contribution in [0.4, 0.5) is 0 Å². The number of rotatable bonds is 0. The van der Waals surface area contributed by atoms with Crippen molar-refractivity contribution in [3.8, 4) is 0 Å². The second kappa shape index (κ2) is 2.84. The van der Waals surface area contributed by atoms with Crippen LogP contribution in [-0.2, 0) is 9.53 Å². The highest BCUT2D eigenvalue weighted by Crippen LogP contribution is 2.33. The second-order valence-electron chi connectivity index (χ2n) is 3.63. The highest BCUT2D eigenvalue weighted by molar-refractivity contribution is 5.72. The van der Waals surface area contributed by atoms with Crippen LogP contribution in [0.5, 0.6) is 0 Å². The van der Waals surface area contributed by atoms with E-state index in [1.54, 1.807) is 0 Å². The third kappa shape index (κ3) is 1.39. The van der Waals surface area contributed by atoms with Crippen LogP contribution in [0.1, 0.15) is 38.5 Å². The molecule has 0 bridgehead atoms. The van der Waals surface area contributed by atoms with Crippen molar-refractivity contribution in [3.63, 3.8) is 0 Å². The molecule has 1 saturated carbocycles. The summed E-state index contributed by atoms with van der Waals surface area (Å²) in [7, 11) is 0. The van der Waals surface area contributed by atoms with E-state index in [1.165, 1.54) is 25.7 Å². The van der Waals surface area contributed by atoms with Gasteiger partial charge in [-0.15, -0.1) is 0 Å². The molecule has 0 amide bonds. The summed E-state index contributed by atoms with van der Waals surface area (Å²) in [6.45, 7) is 0. The first-order valence-corrected chi connectivity index (χ1v) is 4.56. The fourth-order valence-corrected chi connectivity index (χ4v) is 2.17.